The van der Waals surface area contributed by atoms with Crippen LogP contribution in [0, 0.1) is 6.92 Å². The number of anilines is 1. The Morgan fingerprint density at radius 1 is 1.10 bits per heavy atom. The molecule has 1 aliphatic rings. The molecule has 1 fully saturated rings. The zero-order chi connectivity index (χ0) is 21.1. The lowest BCUT2D eigenvalue weighted by Crippen LogP contribution is -2.25. The number of carbonyl (C=O) groups excluding carboxylic acids is 2. The average Bonchev–Trinajstić information content (AvgIpc) is 3.47. The number of carbonyl (C=O) groups is 2. The van der Waals surface area contributed by atoms with E-state index in [9.17, 15) is 9.59 Å². The molecule has 6 nitrogen and oxygen atoms in total. The number of benzene rings is 2. The van der Waals surface area contributed by atoms with Gasteiger partial charge in [-0.05, 0) is 49.4 Å². The Morgan fingerprint density at radius 3 is 2.57 bits per heavy atom. The first-order chi connectivity index (χ1) is 14.5. The lowest BCUT2D eigenvalue weighted by Gasteiger charge is -2.12. The Hall–Kier alpha value is -3.41. The summed E-state index contributed by atoms with van der Waals surface area (Å²) in [6.07, 6.45) is 4.39. The van der Waals surface area contributed by atoms with Crippen molar-refractivity contribution in [3.8, 4) is 0 Å². The quantitative estimate of drug-likeness (QED) is 0.628. The molecule has 3 aromatic rings. The van der Waals surface area contributed by atoms with E-state index in [1.807, 2.05) is 54.9 Å². The summed E-state index contributed by atoms with van der Waals surface area (Å²) in [4.78, 5) is 25.4. The van der Waals surface area contributed by atoms with Gasteiger partial charge in [-0.15, -0.1) is 0 Å². The molecule has 154 valence electrons. The summed E-state index contributed by atoms with van der Waals surface area (Å²) >= 11 is 0. The maximum Gasteiger partial charge on any atom is 0.259 e. The van der Waals surface area contributed by atoms with Crippen molar-refractivity contribution in [1.82, 2.24) is 15.1 Å². The normalized spacial score (nSPS) is 13.1. The Labute approximate surface area is 176 Å². The van der Waals surface area contributed by atoms with Crippen molar-refractivity contribution in [2.45, 2.75) is 45.7 Å². The molecule has 1 aromatic heterocycles. The van der Waals surface area contributed by atoms with Crippen LogP contribution in [0.15, 0.2) is 54.7 Å². The van der Waals surface area contributed by atoms with Crippen molar-refractivity contribution in [2.75, 3.05) is 5.32 Å². The minimum Gasteiger partial charge on any atom is -0.349 e. The van der Waals surface area contributed by atoms with E-state index in [1.54, 1.807) is 18.3 Å². The fourth-order valence-electron chi connectivity index (χ4n) is 3.45. The van der Waals surface area contributed by atoms with Gasteiger partial charge in [-0.3, -0.25) is 14.3 Å². The van der Waals surface area contributed by atoms with E-state index in [4.69, 9.17) is 0 Å². The molecule has 4 rings (SSSR count). The van der Waals surface area contributed by atoms with E-state index in [-0.39, 0.29) is 11.8 Å². The summed E-state index contributed by atoms with van der Waals surface area (Å²) in [5.41, 5.74) is 4.67. The molecule has 0 atom stereocenters. The van der Waals surface area contributed by atoms with Crippen molar-refractivity contribution >= 4 is 17.5 Å². The monoisotopic (exact) mass is 402 g/mol. The molecular formula is C24H26N4O2. The maximum atomic E-state index is 13.0. The maximum absolute atomic E-state index is 13.0. The first kappa shape index (κ1) is 19.9. The second kappa shape index (κ2) is 8.53. The molecule has 30 heavy (non-hydrogen) atoms. The molecule has 1 saturated carbocycles. The first-order valence-corrected chi connectivity index (χ1v) is 10.4. The van der Waals surface area contributed by atoms with Gasteiger partial charge in [0.05, 0.1) is 24.0 Å². The van der Waals surface area contributed by atoms with Gasteiger partial charge in [-0.1, -0.05) is 43.3 Å². The van der Waals surface area contributed by atoms with Gasteiger partial charge in [-0.25, -0.2) is 0 Å². The van der Waals surface area contributed by atoms with Gasteiger partial charge < -0.3 is 10.6 Å². The fraction of sp³-hybridized carbons (Fsp3) is 0.292. The van der Waals surface area contributed by atoms with Crippen LogP contribution in [0.2, 0.25) is 0 Å². The number of hydrogen-bond donors (Lipinski definition) is 2. The highest BCUT2D eigenvalue weighted by Crippen LogP contribution is 2.22. The van der Waals surface area contributed by atoms with E-state index < -0.39 is 0 Å². The minimum atomic E-state index is -0.214. The summed E-state index contributed by atoms with van der Waals surface area (Å²) in [5.74, 6) is -0.313. The third kappa shape index (κ3) is 4.43. The zero-order valence-corrected chi connectivity index (χ0v) is 17.3. The smallest absolute Gasteiger partial charge is 0.259 e. The molecule has 2 aromatic carbocycles. The molecule has 0 saturated heterocycles. The van der Waals surface area contributed by atoms with E-state index in [1.165, 1.54) is 0 Å². The molecule has 6 heteroatoms. The van der Waals surface area contributed by atoms with Crippen molar-refractivity contribution in [2.24, 2.45) is 0 Å². The summed E-state index contributed by atoms with van der Waals surface area (Å²) in [6, 6.07) is 15.7. The lowest BCUT2D eigenvalue weighted by molar-refractivity contribution is 0.0949. The van der Waals surface area contributed by atoms with Gasteiger partial charge in [0.2, 0.25) is 0 Å². The molecule has 0 bridgehead atoms. The second-order valence-electron chi connectivity index (χ2n) is 7.73. The molecule has 2 N–H and O–H groups in total. The predicted molar refractivity (Wildman–Crippen MR) is 117 cm³/mol. The number of aromatic nitrogens is 2. The molecule has 1 aliphatic carbocycles. The number of aryl methyl sites for hydroxylation is 1. The fourth-order valence-corrected chi connectivity index (χ4v) is 3.45. The summed E-state index contributed by atoms with van der Waals surface area (Å²) < 4.78 is 1.87. The van der Waals surface area contributed by atoms with Crippen LogP contribution in [-0.4, -0.2) is 27.6 Å². The predicted octanol–water partition coefficient (Wildman–Crippen LogP) is 3.95. The Bertz CT molecular complexity index is 1070. The van der Waals surface area contributed by atoms with Crippen LogP contribution < -0.4 is 10.6 Å². The minimum absolute atomic E-state index is 0.0991. The number of nitrogens with one attached hydrogen (secondary N) is 2. The molecule has 2 amide bonds. The Balaban J connectivity index is 1.53. The Kier molecular flexibility index (Phi) is 5.65. The van der Waals surface area contributed by atoms with Gasteiger partial charge in [-0.2, -0.15) is 5.10 Å². The van der Waals surface area contributed by atoms with Gasteiger partial charge in [0.25, 0.3) is 11.8 Å². The molecule has 1 heterocycles. The molecule has 0 spiro atoms. The molecule has 0 radical (unpaired) electrons. The molecule has 0 unspecified atom stereocenters. The van der Waals surface area contributed by atoms with Crippen molar-refractivity contribution in [3.05, 3.63) is 82.7 Å². The highest BCUT2D eigenvalue weighted by atomic mass is 16.2. The Morgan fingerprint density at radius 2 is 1.87 bits per heavy atom. The van der Waals surface area contributed by atoms with E-state index >= 15 is 0 Å². The van der Waals surface area contributed by atoms with Crippen LogP contribution in [0.4, 0.5) is 5.69 Å². The van der Waals surface area contributed by atoms with Crippen LogP contribution in [0.1, 0.15) is 57.3 Å². The number of rotatable bonds is 7. The third-order valence-corrected chi connectivity index (χ3v) is 5.36. The standard InChI is InChI=1S/C24H26N4O2/c1-3-22-20(14-25-28(22)15-17-7-5-4-6-8-17)24(30)27-21-13-18(10-9-16(21)2)23(29)26-19-11-12-19/h4-10,13-14,19H,3,11-12,15H2,1-2H3,(H,26,29)(H,27,30). The van der Waals surface area contributed by atoms with Gasteiger partial charge >= 0.3 is 0 Å². The highest BCUT2D eigenvalue weighted by Gasteiger charge is 2.24. The van der Waals surface area contributed by atoms with Gasteiger partial charge in [0, 0.05) is 17.3 Å². The van der Waals surface area contributed by atoms with Crippen LogP contribution >= 0.6 is 0 Å². The van der Waals surface area contributed by atoms with Crippen LogP contribution in [-0.2, 0) is 13.0 Å². The number of hydrogen-bond acceptors (Lipinski definition) is 3. The zero-order valence-electron chi connectivity index (χ0n) is 17.3. The van der Waals surface area contributed by atoms with E-state index in [2.05, 4.69) is 15.7 Å². The topological polar surface area (TPSA) is 76.0 Å². The number of nitrogens with zero attached hydrogens (tertiary/aromatic N) is 2. The third-order valence-electron chi connectivity index (χ3n) is 5.36. The van der Waals surface area contributed by atoms with Crippen LogP contribution in [0.5, 0.6) is 0 Å². The summed E-state index contributed by atoms with van der Waals surface area (Å²) in [7, 11) is 0. The molecule has 0 aliphatic heterocycles. The highest BCUT2D eigenvalue weighted by molar-refractivity contribution is 6.06. The van der Waals surface area contributed by atoms with Crippen LogP contribution in [0.3, 0.4) is 0 Å². The summed E-state index contributed by atoms with van der Waals surface area (Å²) in [6.45, 7) is 4.55. The van der Waals surface area contributed by atoms with Crippen molar-refractivity contribution in [3.63, 3.8) is 0 Å². The van der Waals surface area contributed by atoms with E-state index in [0.29, 0.717) is 35.8 Å². The lowest BCUT2D eigenvalue weighted by atomic mass is 10.1. The largest absolute Gasteiger partial charge is 0.349 e. The van der Waals surface area contributed by atoms with Crippen LogP contribution in [0.25, 0.3) is 0 Å². The molecular weight excluding hydrogens is 376 g/mol. The van der Waals surface area contributed by atoms with Gasteiger partial charge in [0.15, 0.2) is 0 Å². The average molecular weight is 402 g/mol. The van der Waals surface area contributed by atoms with E-state index in [0.717, 1.165) is 29.7 Å². The second-order valence-corrected chi connectivity index (χ2v) is 7.73. The SMILES string of the molecule is CCc1c(C(=O)Nc2cc(C(=O)NC3CC3)ccc2C)cnn1Cc1ccccc1. The van der Waals surface area contributed by atoms with Crippen molar-refractivity contribution in [1.29, 1.82) is 0 Å². The number of amides is 2. The van der Waals surface area contributed by atoms with Crippen molar-refractivity contribution < 1.29 is 9.59 Å². The first-order valence-electron chi connectivity index (χ1n) is 10.4. The summed E-state index contributed by atoms with van der Waals surface area (Å²) in [5, 5.41) is 10.4. The van der Waals surface area contributed by atoms with Gasteiger partial charge in [0.1, 0.15) is 0 Å².